The number of nitrogens with one attached hydrogen (secondary N) is 2. The molecule has 1 amide bonds. The van der Waals surface area contributed by atoms with Crippen molar-refractivity contribution in [1.82, 2.24) is 15.6 Å². The smallest absolute Gasteiger partial charge is 0.263 e. The molecule has 2 unspecified atom stereocenters. The Bertz CT molecular complexity index is 712. The Kier molecular flexibility index (Phi) is 8.24. The molecular formula is C16H20Cl2FN3O2S. The number of amides is 1. The van der Waals surface area contributed by atoms with E-state index in [1.165, 1.54) is 23.5 Å². The molecule has 0 aliphatic carbocycles. The number of rotatable bonds is 4. The number of benzene rings is 1. The lowest BCUT2D eigenvalue weighted by atomic mass is 10.1. The molecule has 5 nitrogen and oxygen atoms in total. The second-order valence-electron chi connectivity index (χ2n) is 5.64. The quantitative estimate of drug-likeness (QED) is 0.727. The van der Waals surface area contributed by atoms with E-state index >= 15 is 0 Å². The largest absolute Gasteiger partial charge is 0.391 e. The molecule has 25 heavy (non-hydrogen) atoms. The van der Waals surface area contributed by atoms with E-state index in [0.717, 1.165) is 5.56 Å². The molecule has 0 saturated carbocycles. The van der Waals surface area contributed by atoms with Gasteiger partial charge in [0.15, 0.2) is 0 Å². The number of aryl methyl sites for hydroxylation is 1. The molecule has 0 spiro atoms. The second-order valence-corrected chi connectivity index (χ2v) is 6.64. The predicted molar refractivity (Wildman–Crippen MR) is 101 cm³/mol. The van der Waals surface area contributed by atoms with Gasteiger partial charge in [-0.25, -0.2) is 9.37 Å². The van der Waals surface area contributed by atoms with Gasteiger partial charge in [-0.05, 0) is 31.2 Å². The molecule has 1 aliphatic rings. The number of aliphatic hydroxyl groups excluding tert-OH is 1. The van der Waals surface area contributed by atoms with E-state index < -0.39 is 6.10 Å². The lowest BCUT2D eigenvalue weighted by molar-refractivity contribution is 0.0930. The van der Waals surface area contributed by atoms with Crippen LogP contribution < -0.4 is 10.6 Å². The number of carbonyl (C=O) groups excluding carboxylic acids is 1. The summed E-state index contributed by atoms with van der Waals surface area (Å²) >= 11 is 1.29. The molecule has 2 atom stereocenters. The van der Waals surface area contributed by atoms with Crippen LogP contribution in [0.15, 0.2) is 24.3 Å². The molecule has 1 saturated heterocycles. The van der Waals surface area contributed by atoms with E-state index in [1.807, 2.05) is 0 Å². The molecule has 3 N–H and O–H groups in total. The van der Waals surface area contributed by atoms with Crippen LogP contribution in [-0.4, -0.2) is 41.7 Å². The molecule has 0 radical (unpaired) electrons. The van der Waals surface area contributed by atoms with Gasteiger partial charge >= 0.3 is 0 Å². The van der Waals surface area contributed by atoms with E-state index in [-0.39, 0.29) is 42.5 Å². The first-order chi connectivity index (χ1) is 11.0. The zero-order valence-electron chi connectivity index (χ0n) is 13.5. The van der Waals surface area contributed by atoms with Gasteiger partial charge in [0.05, 0.1) is 11.8 Å². The number of hydrogen-bond donors (Lipinski definition) is 3. The minimum atomic E-state index is -0.423. The van der Waals surface area contributed by atoms with Gasteiger partial charge in [0.25, 0.3) is 5.91 Å². The molecule has 2 aromatic rings. The van der Waals surface area contributed by atoms with Crippen LogP contribution in [0, 0.1) is 18.7 Å². The average molecular weight is 408 g/mol. The van der Waals surface area contributed by atoms with Crippen LogP contribution in [0.25, 0.3) is 10.6 Å². The molecule has 1 aromatic heterocycles. The molecule has 0 bridgehead atoms. The third-order valence-corrected chi connectivity index (χ3v) is 5.13. The Balaban J connectivity index is 0.00000156. The lowest BCUT2D eigenvalue weighted by Crippen LogP contribution is -2.34. The van der Waals surface area contributed by atoms with Crippen molar-refractivity contribution in [2.45, 2.75) is 13.0 Å². The zero-order valence-corrected chi connectivity index (χ0v) is 15.9. The van der Waals surface area contributed by atoms with E-state index in [4.69, 9.17) is 0 Å². The Hall–Kier alpha value is -1.25. The highest BCUT2D eigenvalue weighted by atomic mass is 35.5. The summed E-state index contributed by atoms with van der Waals surface area (Å²) in [5.74, 6) is -0.458. The van der Waals surface area contributed by atoms with Gasteiger partial charge in [-0.1, -0.05) is 0 Å². The van der Waals surface area contributed by atoms with Crippen LogP contribution in [-0.2, 0) is 0 Å². The number of β-amino-alcohol motifs (C(OH)–C–C–N with tert-alkyl or cyclic N) is 1. The van der Waals surface area contributed by atoms with Crippen LogP contribution in [0.3, 0.4) is 0 Å². The van der Waals surface area contributed by atoms with Crippen molar-refractivity contribution in [2.75, 3.05) is 19.6 Å². The van der Waals surface area contributed by atoms with E-state index in [9.17, 15) is 14.3 Å². The zero-order chi connectivity index (χ0) is 16.4. The van der Waals surface area contributed by atoms with Gasteiger partial charge < -0.3 is 15.7 Å². The molecule has 3 rings (SSSR count). The third kappa shape index (κ3) is 5.12. The predicted octanol–water partition coefficient (Wildman–Crippen LogP) is 2.41. The van der Waals surface area contributed by atoms with Crippen LogP contribution in [0.4, 0.5) is 4.39 Å². The average Bonchev–Trinajstić information content (AvgIpc) is 3.11. The Labute approximate surface area is 161 Å². The summed E-state index contributed by atoms with van der Waals surface area (Å²) < 4.78 is 13.0. The maximum Gasteiger partial charge on any atom is 0.263 e. The van der Waals surface area contributed by atoms with Crippen molar-refractivity contribution in [2.24, 2.45) is 5.92 Å². The first kappa shape index (κ1) is 21.8. The molecule has 138 valence electrons. The van der Waals surface area contributed by atoms with Gasteiger partial charge in [0.1, 0.15) is 15.7 Å². The third-order valence-electron chi connectivity index (χ3n) is 3.92. The summed E-state index contributed by atoms with van der Waals surface area (Å²) in [5.41, 5.74) is 1.44. The van der Waals surface area contributed by atoms with Crippen molar-refractivity contribution >= 4 is 42.1 Å². The fraction of sp³-hybridized carbons (Fsp3) is 0.375. The Morgan fingerprint density at radius 2 is 2.04 bits per heavy atom. The van der Waals surface area contributed by atoms with Gasteiger partial charge in [0.2, 0.25) is 0 Å². The van der Waals surface area contributed by atoms with Crippen molar-refractivity contribution in [3.05, 3.63) is 40.7 Å². The highest BCUT2D eigenvalue weighted by molar-refractivity contribution is 7.17. The molecule has 1 aliphatic heterocycles. The summed E-state index contributed by atoms with van der Waals surface area (Å²) in [4.78, 5) is 17.3. The molecule has 1 aromatic carbocycles. The highest BCUT2D eigenvalue weighted by Crippen LogP contribution is 2.28. The van der Waals surface area contributed by atoms with Gasteiger partial charge in [-0.3, -0.25) is 4.79 Å². The summed E-state index contributed by atoms with van der Waals surface area (Å²) in [6, 6.07) is 6.05. The van der Waals surface area contributed by atoms with Crippen molar-refractivity contribution < 1.29 is 14.3 Å². The van der Waals surface area contributed by atoms with Gasteiger partial charge in [0, 0.05) is 31.1 Å². The molecule has 2 heterocycles. The van der Waals surface area contributed by atoms with Crippen molar-refractivity contribution in [1.29, 1.82) is 0 Å². The fourth-order valence-electron chi connectivity index (χ4n) is 2.55. The fourth-order valence-corrected chi connectivity index (χ4v) is 3.54. The van der Waals surface area contributed by atoms with Crippen LogP contribution in [0.2, 0.25) is 0 Å². The summed E-state index contributed by atoms with van der Waals surface area (Å²) in [6.07, 6.45) is -0.423. The summed E-state index contributed by atoms with van der Waals surface area (Å²) in [5, 5.41) is 16.4. The van der Waals surface area contributed by atoms with Gasteiger partial charge in [-0.2, -0.15) is 0 Å². The Morgan fingerprint density at radius 3 is 2.64 bits per heavy atom. The van der Waals surface area contributed by atoms with Crippen molar-refractivity contribution in [3.63, 3.8) is 0 Å². The van der Waals surface area contributed by atoms with Crippen LogP contribution in [0.5, 0.6) is 0 Å². The van der Waals surface area contributed by atoms with Gasteiger partial charge in [-0.15, -0.1) is 36.2 Å². The first-order valence-corrected chi connectivity index (χ1v) is 8.26. The standard InChI is InChI=1S/C16H18FN3O2S.2ClH/c1-9-14(15(22)19-7-11-6-18-8-13(11)21)23-16(20-9)10-2-4-12(17)5-3-10;;/h2-5,11,13,18,21H,6-8H2,1H3,(H,19,22);2*1H. The first-order valence-electron chi connectivity index (χ1n) is 7.45. The lowest BCUT2D eigenvalue weighted by Gasteiger charge is -2.13. The van der Waals surface area contributed by atoms with E-state index in [1.54, 1.807) is 19.1 Å². The summed E-state index contributed by atoms with van der Waals surface area (Å²) in [6.45, 7) is 3.47. The van der Waals surface area contributed by atoms with Crippen LogP contribution >= 0.6 is 36.2 Å². The maximum absolute atomic E-state index is 13.0. The number of aliphatic hydroxyl groups is 1. The number of carbonyl (C=O) groups is 1. The molecule has 9 heteroatoms. The summed E-state index contributed by atoms with van der Waals surface area (Å²) in [7, 11) is 0. The molecular weight excluding hydrogens is 388 g/mol. The number of aromatic nitrogens is 1. The topological polar surface area (TPSA) is 74.2 Å². The monoisotopic (exact) mass is 407 g/mol. The van der Waals surface area contributed by atoms with E-state index in [0.29, 0.717) is 35.2 Å². The minimum Gasteiger partial charge on any atom is -0.391 e. The Morgan fingerprint density at radius 1 is 1.36 bits per heavy atom. The second kappa shape index (κ2) is 9.45. The SMILES string of the molecule is Cc1nc(-c2ccc(F)cc2)sc1C(=O)NCC1CNCC1O.Cl.Cl. The molecule has 1 fully saturated rings. The normalized spacial score (nSPS) is 19.0. The number of halogens is 3. The maximum atomic E-state index is 13.0. The minimum absolute atomic E-state index is 0. The van der Waals surface area contributed by atoms with Crippen molar-refractivity contribution in [3.8, 4) is 10.6 Å². The van der Waals surface area contributed by atoms with Crippen LogP contribution in [0.1, 0.15) is 15.4 Å². The number of nitrogens with zero attached hydrogens (tertiary/aromatic N) is 1. The van der Waals surface area contributed by atoms with E-state index in [2.05, 4.69) is 15.6 Å². The number of hydrogen-bond acceptors (Lipinski definition) is 5. The number of thiazole rings is 1. The highest BCUT2D eigenvalue weighted by Gasteiger charge is 2.26.